The summed E-state index contributed by atoms with van der Waals surface area (Å²) in [6, 6.07) is 5.44. The molecule has 0 saturated heterocycles. The van der Waals surface area contributed by atoms with Crippen LogP contribution in [-0.4, -0.2) is 28.0 Å². The average molecular weight is 334 g/mol. The van der Waals surface area contributed by atoms with Crippen molar-refractivity contribution in [3.05, 3.63) is 46.2 Å². The normalized spacial score (nSPS) is 14.0. The van der Waals surface area contributed by atoms with E-state index in [0.29, 0.717) is 18.7 Å². The zero-order valence-electron chi connectivity index (χ0n) is 10.8. The topological polar surface area (TPSA) is 55.2 Å². The van der Waals surface area contributed by atoms with Crippen molar-refractivity contribution in [2.45, 2.75) is 13.5 Å². The van der Waals surface area contributed by atoms with Crippen LogP contribution in [0, 0.1) is 6.92 Å². The van der Waals surface area contributed by atoms with Crippen LogP contribution >= 0.6 is 15.9 Å². The number of aromatic nitrogens is 2. The molecule has 0 unspecified atom stereocenters. The SMILES string of the molecule is Cc1cc(Br)cc2c1N(CCn1cccn1)C(=O)C2=O. The number of halogens is 1. The Bertz CT molecular complexity index is 695. The molecule has 0 aliphatic carbocycles. The minimum atomic E-state index is -0.464. The first-order chi connectivity index (χ1) is 9.58. The Morgan fingerprint density at radius 1 is 1.25 bits per heavy atom. The first-order valence-corrected chi connectivity index (χ1v) is 7.01. The maximum atomic E-state index is 12.1. The molecule has 0 radical (unpaired) electrons. The Morgan fingerprint density at radius 2 is 2.05 bits per heavy atom. The molecule has 6 heteroatoms. The lowest BCUT2D eigenvalue weighted by molar-refractivity contribution is -0.114. The molecule has 2 aromatic rings. The van der Waals surface area contributed by atoms with E-state index in [1.165, 1.54) is 0 Å². The lowest BCUT2D eigenvalue weighted by Crippen LogP contribution is -2.33. The van der Waals surface area contributed by atoms with Gasteiger partial charge in [0.1, 0.15) is 0 Å². The molecule has 20 heavy (non-hydrogen) atoms. The van der Waals surface area contributed by atoms with Gasteiger partial charge < -0.3 is 4.90 Å². The van der Waals surface area contributed by atoms with E-state index in [-0.39, 0.29) is 0 Å². The monoisotopic (exact) mass is 333 g/mol. The second-order valence-electron chi connectivity index (χ2n) is 4.67. The minimum absolute atomic E-state index is 0.432. The smallest absolute Gasteiger partial charge is 0.299 e. The summed E-state index contributed by atoms with van der Waals surface area (Å²) in [4.78, 5) is 25.7. The van der Waals surface area contributed by atoms with Gasteiger partial charge in [0.15, 0.2) is 0 Å². The summed E-state index contributed by atoms with van der Waals surface area (Å²) >= 11 is 3.36. The van der Waals surface area contributed by atoms with E-state index in [0.717, 1.165) is 15.7 Å². The van der Waals surface area contributed by atoms with Gasteiger partial charge in [0.05, 0.1) is 17.8 Å². The van der Waals surface area contributed by atoms with E-state index < -0.39 is 11.7 Å². The molecule has 1 aliphatic rings. The maximum Gasteiger partial charge on any atom is 0.299 e. The number of aryl methyl sites for hydroxylation is 1. The fourth-order valence-electron chi connectivity index (χ4n) is 2.45. The van der Waals surface area contributed by atoms with E-state index in [1.54, 1.807) is 21.8 Å². The third-order valence-corrected chi connectivity index (χ3v) is 3.79. The second kappa shape index (κ2) is 4.86. The lowest BCUT2D eigenvalue weighted by atomic mass is 10.1. The molecule has 1 amide bonds. The number of Topliss-reactive ketones (excluding diaryl/α,β-unsaturated/α-hetero) is 1. The molecule has 0 saturated carbocycles. The maximum absolute atomic E-state index is 12.1. The summed E-state index contributed by atoms with van der Waals surface area (Å²) in [6.45, 7) is 2.89. The number of nitrogens with zero attached hydrogens (tertiary/aromatic N) is 3. The van der Waals surface area contributed by atoms with Crippen molar-refractivity contribution in [1.82, 2.24) is 9.78 Å². The number of carbonyl (C=O) groups excluding carboxylic acids is 2. The van der Waals surface area contributed by atoms with Gasteiger partial charge in [-0.2, -0.15) is 5.10 Å². The molecule has 0 fully saturated rings. The first kappa shape index (κ1) is 13.1. The summed E-state index contributed by atoms with van der Waals surface area (Å²) in [5.74, 6) is -0.904. The summed E-state index contributed by atoms with van der Waals surface area (Å²) < 4.78 is 2.55. The molecule has 1 aliphatic heterocycles. The Hall–Kier alpha value is -1.95. The fourth-order valence-corrected chi connectivity index (χ4v) is 3.03. The number of benzene rings is 1. The Labute approximate surface area is 124 Å². The van der Waals surface area contributed by atoms with Crippen LogP contribution in [0.5, 0.6) is 0 Å². The fraction of sp³-hybridized carbons (Fsp3) is 0.214. The third-order valence-electron chi connectivity index (χ3n) is 3.33. The van der Waals surface area contributed by atoms with Crippen molar-refractivity contribution in [2.75, 3.05) is 11.4 Å². The Morgan fingerprint density at radius 3 is 2.75 bits per heavy atom. The van der Waals surface area contributed by atoms with Crippen molar-refractivity contribution >= 4 is 33.3 Å². The molecule has 1 aromatic carbocycles. The van der Waals surface area contributed by atoms with E-state index in [1.807, 2.05) is 25.3 Å². The standard InChI is InChI=1S/C14H12BrN3O2/c1-9-7-10(15)8-11-12(9)18(14(20)13(11)19)6-5-17-4-2-3-16-17/h2-4,7-8H,5-6H2,1H3. The minimum Gasteiger partial charge on any atom is -0.303 e. The van der Waals surface area contributed by atoms with E-state index in [2.05, 4.69) is 21.0 Å². The molecule has 0 N–H and O–H groups in total. The van der Waals surface area contributed by atoms with Crippen LogP contribution in [0.3, 0.4) is 0 Å². The Kier molecular flexibility index (Phi) is 3.17. The molecule has 102 valence electrons. The van der Waals surface area contributed by atoms with Crippen molar-refractivity contribution < 1.29 is 9.59 Å². The molecular weight excluding hydrogens is 322 g/mol. The molecule has 5 nitrogen and oxygen atoms in total. The van der Waals surface area contributed by atoms with Crippen molar-refractivity contribution in [3.8, 4) is 0 Å². The van der Waals surface area contributed by atoms with E-state index >= 15 is 0 Å². The van der Waals surface area contributed by atoms with Crippen LogP contribution in [0.4, 0.5) is 5.69 Å². The third kappa shape index (κ3) is 2.06. The quantitative estimate of drug-likeness (QED) is 0.809. The van der Waals surface area contributed by atoms with Crippen molar-refractivity contribution in [3.63, 3.8) is 0 Å². The van der Waals surface area contributed by atoms with Gasteiger partial charge in [-0.1, -0.05) is 15.9 Å². The largest absolute Gasteiger partial charge is 0.303 e. The molecular formula is C14H12BrN3O2. The average Bonchev–Trinajstić information content (AvgIpc) is 2.98. The number of hydrogen-bond donors (Lipinski definition) is 0. The zero-order chi connectivity index (χ0) is 14.3. The van der Waals surface area contributed by atoms with Crippen LogP contribution in [0.15, 0.2) is 35.1 Å². The van der Waals surface area contributed by atoms with Gasteiger partial charge in [0, 0.05) is 23.4 Å². The summed E-state index contributed by atoms with van der Waals surface area (Å²) in [6.07, 6.45) is 3.52. The van der Waals surface area contributed by atoms with Gasteiger partial charge in [0.25, 0.3) is 11.7 Å². The molecule has 3 rings (SSSR count). The van der Waals surface area contributed by atoms with E-state index in [9.17, 15) is 9.59 Å². The number of anilines is 1. The Balaban J connectivity index is 1.93. The van der Waals surface area contributed by atoms with Gasteiger partial charge in [-0.05, 0) is 30.7 Å². The predicted octanol–water partition coefficient (Wildman–Crippen LogP) is 2.18. The van der Waals surface area contributed by atoms with Crippen LogP contribution in [0.1, 0.15) is 15.9 Å². The molecule has 0 atom stereocenters. The van der Waals surface area contributed by atoms with Gasteiger partial charge in [-0.15, -0.1) is 0 Å². The van der Waals surface area contributed by atoms with Gasteiger partial charge in [-0.25, -0.2) is 0 Å². The van der Waals surface area contributed by atoms with Gasteiger partial charge in [-0.3, -0.25) is 14.3 Å². The molecule has 0 bridgehead atoms. The number of carbonyl (C=O) groups is 2. The van der Waals surface area contributed by atoms with E-state index in [4.69, 9.17) is 0 Å². The van der Waals surface area contributed by atoms with Crippen LogP contribution in [0.2, 0.25) is 0 Å². The number of fused-ring (bicyclic) bond motifs is 1. The van der Waals surface area contributed by atoms with Crippen LogP contribution < -0.4 is 4.90 Å². The van der Waals surface area contributed by atoms with Crippen LogP contribution in [-0.2, 0) is 11.3 Å². The van der Waals surface area contributed by atoms with Gasteiger partial charge in [0.2, 0.25) is 0 Å². The predicted molar refractivity (Wildman–Crippen MR) is 77.8 cm³/mol. The summed E-state index contributed by atoms with van der Waals surface area (Å²) in [7, 11) is 0. The lowest BCUT2D eigenvalue weighted by Gasteiger charge is -2.18. The van der Waals surface area contributed by atoms with Gasteiger partial charge >= 0.3 is 0 Å². The number of amides is 1. The molecule has 1 aromatic heterocycles. The highest BCUT2D eigenvalue weighted by atomic mass is 79.9. The van der Waals surface area contributed by atoms with Crippen molar-refractivity contribution in [2.24, 2.45) is 0 Å². The highest BCUT2D eigenvalue weighted by Gasteiger charge is 2.36. The number of ketones is 1. The highest BCUT2D eigenvalue weighted by Crippen LogP contribution is 2.34. The zero-order valence-corrected chi connectivity index (χ0v) is 12.4. The summed E-state index contributed by atoms with van der Waals surface area (Å²) in [5, 5.41) is 4.10. The number of hydrogen-bond acceptors (Lipinski definition) is 3. The van der Waals surface area contributed by atoms with Crippen LogP contribution in [0.25, 0.3) is 0 Å². The van der Waals surface area contributed by atoms with Crippen molar-refractivity contribution in [1.29, 1.82) is 0 Å². The summed E-state index contributed by atoms with van der Waals surface area (Å²) in [5.41, 5.74) is 2.10. The molecule has 0 spiro atoms. The second-order valence-corrected chi connectivity index (χ2v) is 5.59. The molecule has 2 heterocycles. The first-order valence-electron chi connectivity index (χ1n) is 6.21. The number of rotatable bonds is 3. The highest BCUT2D eigenvalue weighted by molar-refractivity contribution is 9.10.